The van der Waals surface area contributed by atoms with E-state index in [2.05, 4.69) is 0 Å². The summed E-state index contributed by atoms with van der Waals surface area (Å²) >= 11 is 0. The van der Waals surface area contributed by atoms with Gasteiger partial charge in [-0.25, -0.2) is 0 Å². The lowest BCUT2D eigenvalue weighted by molar-refractivity contribution is -0.0528. The molecule has 0 saturated carbocycles. The fourth-order valence-electron chi connectivity index (χ4n) is 1.62. The minimum absolute atomic E-state index is 0.0629. The summed E-state index contributed by atoms with van der Waals surface area (Å²) in [5.74, 6) is 0. The first-order valence-electron chi connectivity index (χ1n) is 5.46. The third-order valence-electron chi connectivity index (χ3n) is 2.78. The molecule has 3 aliphatic heterocycles. The highest BCUT2D eigenvalue weighted by atomic mass is 16.6. The normalized spacial score (nSPS) is 43.2. The lowest BCUT2D eigenvalue weighted by Crippen LogP contribution is -2.32. The molecule has 3 aliphatic rings. The van der Waals surface area contributed by atoms with E-state index in [0.717, 1.165) is 13.2 Å². The first kappa shape index (κ1) is 9.99. The Balaban J connectivity index is 1.38. The van der Waals surface area contributed by atoms with Gasteiger partial charge < -0.3 is 23.7 Å². The Kier molecular flexibility index (Phi) is 2.90. The lowest BCUT2D eigenvalue weighted by Gasteiger charge is -2.17. The molecule has 0 spiro atoms. The van der Waals surface area contributed by atoms with E-state index in [9.17, 15) is 0 Å². The van der Waals surface area contributed by atoms with E-state index in [4.69, 9.17) is 23.7 Å². The second-order valence-corrected chi connectivity index (χ2v) is 4.19. The molecular formula is C10H16O5. The van der Waals surface area contributed by atoms with Gasteiger partial charge in [-0.1, -0.05) is 0 Å². The number of hydrogen-bond donors (Lipinski definition) is 0. The summed E-state index contributed by atoms with van der Waals surface area (Å²) in [6, 6.07) is 0. The first-order chi connectivity index (χ1) is 7.42. The SMILES string of the molecule is C1OC1COC1COCC1OCC1CO1. The third-order valence-corrected chi connectivity index (χ3v) is 2.78. The van der Waals surface area contributed by atoms with Crippen LogP contribution >= 0.6 is 0 Å². The van der Waals surface area contributed by atoms with E-state index in [0.29, 0.717) is 38.6 Å². The molecule has 5 nitrogen and oxygen atoms in total. The molecule has 5 heteroatoms. The summed E-state index contributed by atoms with van der Waals surface area (Å²) in [6.45, 7) is 4.23. The van der Waals surface area contributed by atoms with Crippen LogP contribution in [-0.4, -0.2) is 64.1 Å². The molecule has 3 heterocycles. The van der Waals surface area contributed by atoms with Crippen LogP contribution in [0.25, 0.3) is 0 Å². The number of ether oxygens (including phenoxy) is 5. The van der Waals surface area contributed by atoms with E-state index in [1.165, 1.54) is 0 Å². The molecule has 3 rings (SSSR count). The second-order valence-electron chi connectivity index (χ2n) is 4.19. The minimum Gasteiger partial charge on any atom is -0.376 e. The number of epoxide rings is 2. The van der Waals surface area contributed by atoms with Gasteiger partial charge in [-0.15, -0.1) is 0 Å². The van der Waals surface area contributed by atoms with Crippen LogP contribution < -0.4 is 0 Å². The molecule has 0 aromatic rings. The molecule has 3 fully saturated rings. The van der Waals surface area contributed by atoms with Crippen molar-refractivity contribution < 1.29 is 23.7 Å². The molecule has 0 amide bonds. The Hall–Kier alpha value is -0.200. The van der Waals surface area contributed by atoms with Crippen molar-refractivity contribution in [3.63, 3.8) is 0 Å². The van der Waals surface area contributed by atoms with Crippen LogP contribution in [0.15, 0.2) is 0 Å². The molecule has 0 radical (unpaired) electrons. The van der Waals surface area contributed by atoms with Crippen molar-refractivity contribution in [2.45, 2.75) is 24.4 Å². The molecule has 4 unspecified atom stereocenters. The molecular weight excluding hydrogens is 200 g/mol. The Morgan fingerprint density at radius 3 is 1.67 bits per heavy atom. The van der Waals surface area contributed by atoms with E-state index in [-0.39, 0.29) is 12.2 Å². The molecule has 4 atom stereocenters. The van der Waals surface area contributed by atoms with Crippen molar-refractivity contribution in [3.05, 3.63) is 0 Å². The van der Waals surface area contributed by atoms with Crippen LogP contribution in [0.4, 0.5) is 0 Å². The van der Waals surface area contributed by atoms with Crippen LogP contribution in [0.5, 0.6) is 0 Å². The molecule has 0 N–H and O–H groups in total. The van der Waals surface area contributed by atoms with Gasteiger partial charge in [0.05, 0.1) is 39.6 Å². The van der Waals surface area contributed by atoms with Crippen LogP contribution in [0, 0.1) is 0 Å². The van der Waals surface area contributed by atoms with Gasteiger partial charge in [-0.2, -0.15) is 0 Å². The zero-order valence-corrected chi connectivity index (χ0v) is 8.59. The fourth-order valence-corrected chi connectivity index (χ4v) is 1.62. The van der Waals surface area contributed by atoms with Crippen molar-refractivity contribution in [1.82, 2.24) is 0 Å². The van der Waals surface area contributed by atoms with E-state index in [1.54, 1.807) is 0 Å². The predicted molar refractivity (Wildman–Crippen MR) is 49.8 cm³/mol. The Labute approximate surface area is 88.6 Å². The maximum Gasteiger partial charge on any atom is 0.109 e. The van der Waals surface area contributed by atoms with Crippen molar-refractivity contribution in [2.24, 2.45) is 0 Å². The smallest absolute Gasteiger partial charge is 0.109 e. The van der Waals surface area contributed by atoms with Gasteiger partial charge in [-0.3, -0.25) is 0 Å². The summed E-state index contributed by atoms with van der Waals surface area (Å²) in [5.41, 5.74) is 0. The van der Waals surface area contributed by atoms with Crippen LogP contribution in [-0.2, 0) is 23.7 Å². The Bertz CT molecular complexity index is 192. The van der Waals surface area contributed by atoms with E-state index < -0.39 is 0 Å². The number of hydrogen-bond acceptors (Lipinski definition) is 5. The Morgan fingerprint density at radius 1 is 0.800 bits per heavy atom. The van der Waals surface area contributed by atoms with Gasteiger partial charge in [0, 0.05) is 0 Å². The summed E-state index contributed by atoms with van der Waals surface area (Å²) in [7, 11) is 0. The highest BCUT2D eigenvalue weighted by Crippen LogP contribution is 2.19. The van der Waals surface area contributed by atoms with E-state index >= 15 is 0 Å². The van der Waals surface area contributed by atoms with Crippen molar-refractivity contribution >= 4 is 0 Å². The quantitative estimate of drug-likeness (QED) is 0.565. The molecule has 0 bridgehead atoms. The van der Waals surface area contributed by atoms with Crippen molar-refractivity contribution in [3.8, 4) is 0 Å². The third kappa shape index (κ3) is 2.89. The van der Waals surface area contributed by atoms with Gasteiger partial charge in [0.2, 0.25) is 0 Å². The maximum atomic E-state index is 5.68. The van der Waals surface area contributed by atoms with Crippen LogP contribution in [0.1, 0.15) is 0 Å². The second kappa shape index (κ2) is 4.35. The summed E-state index contributed by atoms with van der Waals surface area (Å²) in [6.07, 6.45) is 0.733. The maximum absolute atomic E-state index is 5.68. The lowest BCUT2D eigenvalue weighted by atomic mass is 10.2. The zero-order chi connectivity index (χ0) is 10.1. The molecule has 86 valence electrons. The van der Waals surface area contributed by atoms with Gasteiger partial charge in [-0.05, 0) is 0 Å². The van der Waals surface area contributed by atoms with Gasteiger partial charge in [0.1, 0.15) is 24.4 Å². The van der Waals surface area contributed by atoms with Gasteiger partial charge in [0.15, 0.2) is 0 Å². The molecule has 0 aromatic heterocycles. The zero-order valence-electron chi connectivity index (χ0n) is 8.59. The van der Waals surface area contributed by atoms with Crippen LogP contribution in [0.2, 0.25) is 0 Å². The largest absolute Gasteiger partial charge is 0.376 e. The highest BCUT2D eigenvalue weighted by Gasteiger charge is 2.34. The summed E-state index contributed by atoms with van der Waals surface area (Å²) in [4.78, 5) is 0. The monoisotopic (exact) mass is 216 g/mol. The van der Waals surface area contributed by atoms with Gasteiger partial charge in [0.25, 0.3) is 0 Å². The van der Waals surface area contributed by atoms with E-state index in [1.807, 2.05) is 0 Å². The average Bonchev–Trinajstić information content (AvgIpc) is 3.14. The Morgan fingerprint density at radius 2 is 1.27 bits per heavy atom. The minimum atomic E-state index is 0.0629. The average molecular weight is 216 g/mol. The fraction of sp³-hybridized carbons (Fsp3) is 1.00. The summed E-state index contributed by atoms with van der Waals surface area (Å²) < 4.78 is 26.9. The molecule has 0 aromatic carbocycles. The number of rotatable bonds is 6. The van der Waals surface area contributed by atoms with Crippen molar-refractivity contribution in [1.29, 1.82) is 0 Å². The van der Waals surface area contributed by atoms with Crippen molar-refractivity contribution in [2.75, 3.05) is 39.6 Å². The van der Waals surface area contributed by atoms with Gasteiger partial charge >= 0.3 is 0 Å². The standard InChI is InChI=1S/C10H16O5/c1-7(12-1)3-14-9-5-11-6-10(9)15-4-8-2-13-8/h7-10H,1-6H2. The summed E-state index contributed by atoms with van der Waals surface area (Å²) in [5, 5.41) is 0. The topological polar surface area (TPSA) is 52.8 Å². The van der Waals surface area contributed by atoms with Crippen LogP contribution in [0.3, 0.4) is 0 Å². The first-order valence-corrected chi connectivity index (χ1v) is 5.46. The highest BCUT2D eigenvalue weighted by molar-refractivity contribution is 4.80. The predicted octanol–water partition coefficient (Wildman–Crippen LogP) is -0.415. The molecule has 3 saturated heterocycles. The molecule has 0 aliphatic carbocycles. The molecule has 15 heavy (non-hydrogen) atoms.